The standard InChI is InChI=1S/C16H36N.5CO.Nb.3O/c1-5-9-13-17(14-10-6-2,15-11-7-3)16-12-8-4;5*1-2;;;;/h5-16H2,1-4H3;;;;;;;;;/q+1;;;;;;;;;-1. The zero-order valence-corrected chi connectivity index (χ0v) is 21.3. The summed E-state index contributed by atoms with van der Waals surface area (Å²) in [6.07, 6.45) is 11.1. The van der Waals surface area contributed by atoms with E-state index in [0.717, 1.165) is 0 Å². The fourth-order valence-electron chi connectivity index (χ4n) is 2.64. The Morgan fingerprint density at radius 3 is 0.742 bits per heavy atom. The van der Waals surface area contributed by atoms with Crippen molar-refractivity contribution in [3.05, 3.63) is 0 Å². The van der Waals surface area contributed by atoms with E-state index in [-0.39, 0.29) is 0 Å². The van der Waals surface area contributed by atoms with Crippen LogP contribution in [-0.2, 0) is 49.3 Å². The Morgan fingerprint density at radius 2 is 0.645 bits per heavy atom. The molecule has 0 unspecified atom stereocenters. The first kappa shape index (κ1) is 47.4. The van der Waals surface area contributed by atoms with E-state index in [0.29, 0.717) is 0 Å². The Kier molecular flexibility index (Phi) is 86.7. The van der Waals surface area contributed by atoms with Crippen LogP contribution in [0.4, 0.5) is 0 Å². The van der Waals surface area contributed by atoms with Crippen molar-refractivity contribution >= 4 is 33.9 Å². The van der Waals surface area contributed by atoms with Crippen molar-refractivity contribution in [2.75, 3.05) is 26.2 Å². The van der Waals surface area contributed by atoms with Crippen LogP contribution in [0.25, 0.3) is 0 Å². The van der Waals surface area contributed by atoms with Crippen molar-refractivity contribution in [1.82, 2.24) is 0 Å². The van der Waals surface area contributed by atoms with Crippen molar-refractivity contribution in [1.29, 1.82) is 0 Å². The van der Waals surface area contributed by atoms with Crippen LogP contribution in [0.1, 0.15) is 79.1 Å². The van der Waals surface area contributed by atoms with Gasteiger partial charge in [0, 0.05) is 0 Å². The van der Waals surface area contributed by atoms with Gasteiger partial charge in [-0.05, 0) is 25.7 Å². The quantitative estimate of drug-likeness (QED) is 0.277. The second kappa shape index (κ2) is 56.7. The summed E-state index contributed by atoms with van der Waals surface area (Å²) >= 11 is -4.20. The van der Waals surface area contributed by atoms with Gasteiger partial charge < -0.3 is 4.48 Å². The van der Waals surface area contributed by atoms with Gasteiger partial charge in [-0.1, -0.05) is 53.4 Å². The van der Waals surface area contributed by atoms with Gasteiger partial charge in [0.05, 0.1) is 26.2 Å². The molecule has 178 valence electrons. The molecule has 31 heavy (non-hydrogen) atoms. The van der Waals surface area contributed by atoms with Crippen LogP contribution in [-0.4, -0.2) is 64.6 Å². The fourth-order valence-corrected chi connectivity index (χ4v) is 2.64. The number of quaternary nitrogens is 1. The van der Waals surface area contributed by atoms with Crippen molar-refractivity contribution < 1.29 is 57.4 Å². The van der Waals surface area contributed by atoms with E-state index < -0.39 is 18.8 Å². The van der Waals surface area contributed by atoms with Crippen LogP contribution < -0.4 is 3.61 Å². The number of nitrogens with zero attached hydrogens (tertiary/aromatic N) is 1. The van der Waals surface area contributed by atoms with Crippen LogP contribution in [0, 0.1) is 0 Å². The van der Waals surface area contributed by atoms with E-state index >= 15 is 0 Å². The van der Waals surface area contributed by atoms with E-state index in [1.54, 1.807) is 0 Å². The molecule has 0 fully saturated rings. The second-order valence-electron chi connectivity index (χ2n) is 5.87. The van der Waals surface area contributed by atoms with Crippen molar-refractivity contribution in [3.63, 3.8) is 0 Å². The summed E-state index contributed by atoms with van der Waals surface area (Å²) in [5, 5.41) is 0. The topological polar surface area (TPSA) is 143 Å². The Bertz CT molecular complexity index is 301. The predicted molar refractivity (Wildman–Crippen MR) is 109 cm³/mol. The molecule has 9 nitrogen and oxygen atoms in total. The average Bonchev–Trinajstić information content (AvgIpc) is 2.84. The summed E-state index contributed by atoms with van der Waals surface area (Å²) < 4.78 is 27.2. The minimum atomic E-state index is -4.20. The molecule has 0 spiro atoms. The first-order chi connectivity index (χ1) is 15.0. The maximum absolute atomic E-state index is 8.60. The molecule has 0 aliphatic heterocycles. The van der Waals surface area contributed by atoms with Gasteiger partial charge in [-0.25, -0.2) is 0 Å². The maximum atomic E-state index is 8.60. The summed E-state index contributed by atoms with van der Waals surface area (Å²) in [6.45, 7) is 37.5. The van der Waals surface area contributed by atoms with E-state index in [2.05, 4.69) is 61.6 Å². The molecule has 0 aromatic heterocycles. The van der Waals surface area contributed by atoms with Crippen molar-refractivity contribution in [2.45, 2.75) is 79.1 Å². The molecule has 10 radical (unpaired) electrons. The molecule has 0 saturated heterocycles. The van der Waals surface area contributed by atoms with Crippen molar-refractivity contribution in [3.8, 4) is 0 Å². The zero-order valence-electron chi connectivity index (χ0n) is 19.1. The molecular weight excluding hydrogens is 487 g/mol. The van der Waals surface area contributed by atoms with Crippen LogP contribution in [0.15, 0.2) is 0 Å². The average molecular weight is 523 g/mol. The van der Waals surface area contributed by atoms with Crippen molar-refractivity contribution in [2.24, 2.45) is 0 Å². The Labute approximate surface area is 196 Å². The van der Waals surface area contributed by atoms with Gasteiger partial charge in [-0.3, -0.25) is 24.0 Å². The van der Waals surface area contributed by atoms with Crippen LogP contribution in [0.2, 0.25) is 0 Å². The molecule has 0 heterocycles. The van der Waals surface area contributed by atoms with Gasteiger partial charge in [-0.2, -0.15) is 0 Å². The van der Waals surface area contributed by atoms with E-state index in [4.69, 9.17) is 34.1 Å². The molecule has 10 heteroatoms. The third-order valence-electron chi connectivity index (χ3n) is 3.94. The molecule has 0 aliphatic rings. The van der Waals surface area contributed by atoms with Crippen LogP contribution >= 0.6 is 0 Å². The molecule has 0 rings (SSSR count). The van der Waals surface area contributed by atoms with E-state index in [1.807, 2.05) is 0 Å². The first-order valence-corrected chi connectivity index (χ1v) is 12.4. The number of hydrogen-bond acceptors (Lipinski definition) is 8. The number of hydrogen-bond donors (Lipinski definition) is 0. The first-order valence-electron chi connectivity index (χ1n) is 9.66. The Hall–Kier alpha value is -1.39. The summed E-state index contributed by atoms with van der Waals surface area (Å²) in [5.74, 6) is 0. The van der Waals surface area contributed by atoms with Gasteiger partial charge in [0.15, 0.2) is 0 Å². The van der Waals surface area contributed by atoms with Crippen LogP contribution in [0.5, 0.6) is 0 Å². The van der Waals surface area contributed by atoms with E-state index in [1.165, 1.54) is 82.0 Å². The molecule has 0 N–H and O–H groups in total. The fraction of sp³-hybridized carbons (Fsp3) is 0.762. The van der Waals surface area contributed by atoms with Gasteiger partial charge in [0.25, 0.3) is 33.9 Å². The number of rotatable bonds is 12. The SMILES string of the molecule is CCCC[N+](CCCC)(CCCC)CCCC.[C]=O.[C]=O.[C]=O.[C]=O.[C]=O.[O]=[Nb](=[O])[O-]. The number of carbonyl (C=O) groups excluding carboxylic acids is 5. The predicted octanol–water partition coefficient (Wildman–Crippen LogP) is 1.59. The van der Waals surface area contributed by atoms with Gasteiger partial charge in [0.2, 0.25) is 0 Å². The third-order valence-corrected chi connectivity index (χ3v) is 3.94. The van der Waals surface area contributed by atoms with Gasteiger partial charge in [-0.15, -0.1) is 0 Å². The summed E-state index contributed by atoms with van der Waals surface area (Å²) in [6, 6.07) is 0. The summed E-state index contributed by atoms with van der Waals surface area (Å²) in [5.41, 5.74) is 0. The molecule has 0 aromatic carbocycles. The minimum absolute atomic E-state index is 1.35. The molecule has 0 atom stereocenters. The second-order valence-corrected chi connectivity index (χ2v) is 6.97. The normalized spacial score (nSPS) is 8.03. The Balaban J connectivity index is -0.0000000685. The Morgan fingerprint density at radius 1 is 0.516 bits per heavy atom. The molecule has 0 aliphatic carbocycles. The van der Waals surface area contributed by atoms with Crippen LogP contribution in [0.3, 0.4) is 0 Å². The number of unbranched alkanes of at least 4 members (excludes halogenated alkanes) is 4. The van der Waals surface area contributed by atoms with Gasteiger partial charge in [0.1, 0.15) is 0 Å². The molecule has 0 saturated carbocycles. The van der Waals surface area contributed by atoms with Gasteiger partial charge >= 0.3 is 28.9 Å². The van der Waals surface area contributed by atoms with E-state index in [9.17, 15) is 0 Å². The molecule has 0 bridgehead atoms. The third kappa shape index (κ3) is 58.5. The summed E-state index contributed by atoms with van der Waals surface area (Å²) in [4.78, 5) is 37.5. The molecule has 0 amide bonds. The molecular formula is C21H36NNbO8. The summed E-state index contributed by atoms with van der Waals surface area (Å²) in [7, 11) is 0. The zero-order chi connectivity index (χ0) is 26.6. The monoisotopic (exact) mass is 523 g/mol. The molecule has 0 aromatic rings.